The standard InChI is InChI=1S/C26H25BO3/c1-25(2)26(3,4)30-27(29-25)23-21-17-20(18-11-7-5-8-12-18)15-16-22(21)28-24(23)19-13-9-6-10-14-19/h5-17H,1-4H3. The Kier molecular flexibility index (Phi) is 4.39. The normalized spacial score (nSPS) is 17.5. The van der Waals surface area contributed by atoms with Crippen LogP contribution in [0.15, 0.2) is 83.3 Å². The number of furan rings is 1. The number of hydrogen-bond acceptors (Lipinski definition) is 3. The Balaban J connectivity index is 1.73. The largest absolute Gasteiger partial charge is 0.499 e. The van der Waals surface area contributed by atoms with Crippen molar-refractivity contribution in [2.45, 2.75) is 38.9 Å². The van der Waals surface area contributed by atoms with Gasteiger partial charge in [-0.05, 0) is 51.0 Å². The molecule has 1 aliphatic heterocycles. The highest BCUT2D eigenvalue weighted by molar-refractivity contribution is 6.67. The molecule has 3 nitrogen and oxygen atoms in total. The van der Waals surface area contributed by atoms with Gasteiger partial charge in [-0.15, -0.1) is 0 Å². The first-order valence-electron chi connectivity index (χ1n) is 10.4. The maximum Gasteiger partial charge on any atom is 0.499 e. The highest BCUT2D eigenvalue weighted by Crippen LogP contribution is 2.39. The zero-order chi connectivity index (χ0) is 20.9. The molecule has 0 amide bonds. The van der Waals surface area contributed by atoms with Crippen molar-refractivity contribution in [2.24, 2.45) is 0 Å². The zero-order valence-electron chi connectivity index (χ0n) is 17.8. The van der Waals surface area contributed by atoms with Crippen LogP contribution < -0.4 is 5.46 Å². The molecule has 0 atom stereocenters. The first-order valence-corrected chi connectivity index (χ1v) is 10.4. The quantitative estimate of drug-likeness (QED) is 0.394. The zero-order valence-corrected chi connectivity index (χ0v) is 17.8. The molecule has 0 N–H and O–H groups in total. The lowest BCUT2D eigenvalue weighted by Gasteiger charge is -2.32. The lowest BCUT2D eigenvalue weighted by molar-refractivity contribution is 0.00578. The first-order chi connectivity index (χ1) is 14.4. The minimum atomic E-state index is -0.502. The molecule has 3 aromatic carbocycles. The van der Waals surface area contributed by atoms with Gasteiger partial charge in [-0.3, -0.25) is 0 Å². The second kappa shape index (κ2) is 6.87. The van der Waals surface area contributed by atoms with Crippen LogP contribution in [0.4, 0.5) is 0 Å². The SMILES string of the molecule is CC1(C)OB(c2c(-c3ccccc3)oc3ccc(-c4ccccc4)cc23)OC1(C)C. The molecule has 1 aromatic heterocycles. The van der Waals surface area contributed by atoms with Crippen molar-refractivity contribution < 1.29 is 13.7 Å². The summed E-state index contributed by atoms with van der Waals surface area (Å²) in [6.07, 6.45) is 0. The number of hydrogen-bond donors (Lipinski definition) is 0. The molecule has 5 rings (SSSR count). The molecule has 30 heavy (non-hydrogen) atoms. The van der Waals surface area contributed by atoms with Crippen LogP contribution in [0, 0.1) is 0 Å². The predicted octanol–water partition coefficient (Wildman–Crippen LogP) is 6.07. The van der Waals surface area contributed by atoms with Crippen LogP contribution in [-0.4, -0.2) is 18.3 Å². The van der Waals surface area contributed by atoms with Gasteiger partial charge in [0.1, 0.15) is 11.3 Å². The summed E-state index contributed by atoms with van der Waals surface area (Å²) >= 11 is 0. The number of benzene rings is 3. The molecule has 1 saturated heterocycles. The van der Waals surface area contributed by atoms with E-state index in [9.17, 15) is 0 Å². The van der Waals surface area contributed by atoms with E-state index in [4.69, 9.17) is 13.7 Å². The predicted molar refractivity (Wildman–Crippen MR) is 123 cm³/mol. The summed E-state index contributed by atoms with van der Waals surface area (Å²) in [7, 11) is -0.502. The van der Waals surface area contributed by atoms with E-state index in [1.165, 1.54) is 5.56 Å². The van der Waals surface area contributed by atoms with Crippen LogP contribution in [0.25, 0.3) is 33.4 Å². The van der Waals surface area contributed by atoms with E-state index in [2.05, 4.69) is 76.2 Å². The lowest BCUT2D eigenvalue weighted by Crippen LogP contribution is -2.41. The highest BCUT2D eigenvalue weighted by Gasteiger charge is 2.53. The molecule has 0 unspecified atom stereocenters. The molecule has 4 heteroatoms. The minimum Gasteiger partial charge on any atom is -0.456 e. The van der Waals surface area contributed by atoms with Crippen molar-refractivity contribution >= 4 is 23.6 Å². The molecule has 0 spiro atoms. The topological polar surface area (TPSA) is 31.6 Å². The van der Waals surface area contributed by atoms with Gasteiger partial charge in [-0.2, -0.15) is 0 Å². The molecule has 0 bridgehead atoms. The fraction of sp³-hybridized carbons (Fsp3) is 0.231. The van der Waals surface area contributed by atoms with Crippen molar-refractivity contribution in [3.8, 4) is 22.5 Å². The molecule has 1 fully saturated rings. The Hall–Kier alpha value is -2.82. The highest BCUT2D eigenvalue weighted by atomic mass is 16.7. The third-order valence-corrected chi connectivity index (χ3v) is 6.36. The van der Waals surface area contributed by atoms with Crippen molar-refractivity contribution in [1.29, 1.82) is 0 Å². The van der Waals surface area contributed by atoms with Gasteiger partial charge in [0.05, 0.1) is 11.2 Å². The lowest BCUT2D eigenvalue weighted by atomic mass is 9.75. The summed E-state index contributed by atoms with van der Waals surface area (Å²) in [6, 6.07) is 26.9. The molecule has 150 valence electrons. The number of rotatable bonds is 3. The third-order valence-electron chi connectivity index (χ3n) is 6.36. The average molecular weight is 396 g/mol. The first kappa shape index (κ1) is 19.2. The molecule has 2 heterocycles. The molecule has 1 aliphatic rings. The second-order valence-corrected chi connectivity index (χ2v) is 8.88. The van der Waals surface area contributed by atoms with Gasteiger partial charge in [0.2, 0.25) is 0 Å². The van der Waals surface area contributed by atoms with Crippen LogP contribution in [0.3, 0.4) is 0 Å². The summed E-state index contributed by atoms with van der Waals surface area (Å²) in [4.78, 5) is 0. The Morgan fingerprint density at radius 1 is 0.633 bits per heavy atom. The Bertz CT molecular complexity index is 1180. The summed E-state index contributed by atoms with van der Waals surface area (Å²) in [5.41, 5.74) is 4.26. The van der Waals surface area contributed by atoms with Crippen LogP contribution in [0.2, 0.25) is 0 Å². The van der Waals surface area contributed by atoms with Gasteiger partial charge in [0.25, 0.3) is 0 Å². The maximum atomic E-state index is 6.44. The fourth-order valence-corrected chi connectivity index (χ4v) is 3.93. The molecular weight excluding hydrogens is 371 g/mol. The molecular formula is C26H25BO3. The van der Waals surface area contributed by atoms with Crippen molar-refractivity contribution in [1.82, 2.24) is 0 Å². The van der Waals surface area contributed by atoms with E-state index in [0.717, 1.165) is 33.3 Å². The van der Waals surface area contributed by atoms with E-state index in [-0.39, 0.29) is 0 Å². The van der Waals surface area contributed by atoms with E-state index >= 15 is 0 Å². The second-order valence-electron chi connectivity index (χ2n) is 8.88. The Labute approximate surface area is 177 Å². The van der Waals surface area contributed by atoms with E-state index in [1.807, 2.05) is 30.3 Å². The monoisotopic (exact) mass is 396 g/mol. The van der Waals surface area contributed by atoms with Crippen molar-refractivity contribution in [3.05, 3.63) is 78.9 Å². The summed E-state index contributed by atoms with van der Waals surface area (Å²) < 4.78 is 19.2. The number of fused-ring (bicyclic) bond motifs is 1. The Morgan fingerprint density at radius 2 is 1.20 bits per heavy atom. The van der Waals surface area contributed by atoms with E-state index < -0.39 is 18.3 Å². The molecule has 0 radical (unpaired) electrons. The summed E-state index contributed by atoms with van der Waals surface area (Å²) in [6.45, 7) is 8.31. The molecule has 0 saturated carbocycles. The fourth-order valence-electron chi connectivity index (χ4n) is 3.93. The smallest absolute Gasteiger partial charge is 0.456 e. The van der Waals surface area contributed by atoms with Crippen LogP contribution in [0.5, 0.6) is 0 Å². The third kappa shape index (κ3) is 3.08. The Morgan fingerprint density at radius 3 is 1.80 bits per heavy atom. The van der Waals surface area contributed by atoms with Gasteiger partial charge >= 0.3 is 7.12 Å². The van der Waals surface area contributed by atoms with Crippen molar-refractivity contribution in [3.63, 3.8) is 0 Å². The van der Waals surface area contributed by atoms with E-state index in [0.29, 0.717) is 0 Å². The minimum absolute atomic E-state index is 0.424. The van der Waals surface area contributed by atoms with Crippen LogP contribution >= 0.6 is 0 Å². The average Bonchev–Trinajstić information content (AvgIpc) is 3.22. The summed E-state index contributed by atoms with van der Waals surface area (Å²) in [5, 5.41) is 1.02. The molecule has 0 aliphatic carbocycles. The van der Waals surface area contributed by atoms with Gasteiger partial charge in [-0.25, -0.2) is 0 Å². The summed E-state index contributed by atoms with van der Waals surface area (Å²) in [5.74, 6) is 0.800. The van der Waals surface area contributed by atoms with Gasteiger partial charge in [0, 0.05) is 16.4 Å². The van der Waals surface area contributed by atoms with E-state index in [1.54, 1.807) is 0 Å². The van der Waals surface area contributed by atoms with Crippen LogP contribution in [-0.2, 0) is 9.31 Å². The van der Waals surface area contributed by atoms with Crippen molar-refractivity contribution in [2.75, 3.05) is 0 Å². The van der Waals surface area contributed by atoms with Crippen LogP contribution in [0.1, 0.15) is 27.7 Å². The maximum absolute atomic E-state index is 6.44. The van der Waals surface area contributed by atoms with Gasteiger partial charge < -0.3 is 13.7 Å². The van der Waals surface area contributed by atoms with Gasteiger partial charge in [0.15, 0.2) is 0 Å². The molecule has 4 aromatic rings. The van der Waals surface area contributed by atoms with Gasteiger partial charge in [-0.1, -0.05) is 66.7 Å².